The fourth-order valence-electron chi connectivity index (χ4n) is 3.29. The molecule has 0 unspecified atom stereocenters. The van der Waals surface area contributed by atoms with Gasteiger partial charge in [-0.1, -0.05) is 40.9 Å². The Morgan fingerprint density at radius 1 is 0.964 bits per heavy atom. The van der Waals surface area contributed by atoms with Crippen molar-refractivity contribution in [3.63, 3.8) is 0 Å². The predicted octanol–water partition coefficient (Wildman–Crippen LogP) is 8.25. The predicted molar refractivity (Wildman–Crippen MR) is 117 cm³/mol. The van der Waals surface area contributed by atoms with Crippen molar-refractivity contribution < 1.29 is 13.5 Å². The zero-order valence-corrected chi connectivity index (χ0v) is 18.5. The Labute approximate surface area is 175 Å². The molecule has 152 valence electrons. The van der Waals surface area contributed by atoms with Crippen LogP contribution in [0.4, 0.5) is 8.78 Å². The fraction of sp³-hybridized carbons (Fsp3) is 0.417. The van der Waals surface area contributed by atoms with Crippen LogP contribution in [0.25, 0.3) is 5.57 Å². The van der Waals surface area contributed by atoms with Crippen molar-refractivity contribution in [2.45, 2.75) is 59.3 Å². The number of halogens is 3. The number of rotatable bonds is 5. The summed E-state index contributed by atoms with van der Waals surface area (Å²) in [5, 5.41) is 0. The lowest BCUT2D eigenvalue weighted by molar-refractivity contribution is 0.306. The maximum atomic E-state index is 12.6. The highest BCUT2D eigenvalue weighted by atomic mass is 79.9. The normalized spacial score (nSPS) is 13.8. The second-order valence-electron chi connectivity index (χ2n) is 7.23. The second-order valence-corrected chi connectivity index (χ2v) is 8.15. The Balaban J connectivity index is 0.000000203. The second kappa shape index (κ2) is 11.4. The third-order valence-corrected chi connectivity index (χ3v) is 5.36. The summed E-state index contributed by atoms with van der Waals surface area (Å²) in [5.74, 6) is -0.955. The molecule has 3 rings (SSSR count). The van der Waals surface area contributed by atoms with Crippen LogP contribution in [0.1, 0.15) is 63.5 Å². The van der Waals surface area contributed by atoms with E-state index in [-0.39, 0.29) is 5.75 Å². The van der Waals surface area contributed by atoms with E-state index >= 15 is 0 Å². The third-order valence-electron chi connectivity index (χ3n) is 4.87. The molecule has 0 amide bonds. The molecule has 1 nitrogen and oxygen atoms in total. The molecule has 0 aromatic heterocycles. The molecule has 2 aromatic rings. The molecule has 0 N–H and O–H groups in total. The van der Waals surface area contributed by atoms with Crippen molar-refractivity contribution in [1.29, 1.82) is 0 Å². The lowest BCUT2D eigenvalue weighted by Gasteiger charge is -2.19. The molecule has 0 atom stereocenters. The third kappa shape index (κ3) is 7.05. The SMILES string of the molecule is CC1=C(c2cc(Br)ccc2C)CCCC1.CCCCOc1cc(F)cc(F)c1. The molecule has 0 saturated carbocycles. The lowest BCUT2D eigenvalue weighted by Crippen LogP contribution is -1.98. The van der Waals surface area contributed by atoms with Gasteiger partial charge >= 0.3 is 0 Å². The average molecular weight is 451 g/mol. The highest BCUT2D eigenvalue weighted by molar-refractivity contribution is 9.10. The molecule has 1 aliphatic carbocycles. The molecule has 0 radical (unpaired) electrons. The first-order valence-corrected chi connectivity index (χ1v) is 10.7. The van der Waals surface area contributed by atoms with E-state index in [1.54, 1.807) is 11.1 Å². The van der Waals surface area contributed by atoms with Crippen LogP contribution in [-0.4, -0.2) is 6.61 Å². The van der Waals surface area contributed by atoms with Gasteiger partial charge in [-0.15, -0.1) is 0 Å². The van der Waals surface area contributed by atoms with Crippen LogP contribution in [-0.2, 0) is 0 Å². The van der Waals surface area contributed by atoms with E-state index in [1.807, 2.05) is 6.92 Å². The van der Waals surface area contributed by atoms with Crippen molar-refractivity contribution in [2.75, 3.05) is 6.61 Å². The first-order valence-electron chi connectivity index (χ1n) is 9.94. The van der Waals surface area contributed by atoms with Gasteiger partial charge in [0.05, 0.1) is 6.61 Å². The maximum absolute atomic E-state index is 12.6. The minimum absolute atomic E-state index is 0.256. The number of allylic oxidation sites excluding steroid dienone is 2. The van der Waals surface area contributed by atoms with Crippen LogP contribution in [0.2, 0.25) is 0 Å². The standard InChI is InChI=1S/C14H17Br.C10H12F2O/c1-10-5-3-4-6-13(10)14-9-12(15)8-7-11(14)2;1-2-3-4-13-10-6-8(11)5-9(12)7-10/h7-9H,3-6H2,1-2H3;5-7H,2-4H2,1H3. The van der Waals surface area contributed by atoms with Gasteiger partial charge in [0.25, 0.3) is 0 Å². The van der Waals surface area contributed by atoms with Gasteiger partial charge in [-0.2, -0.15) is 0 Å². The number of hydrogen-bond donors (Lipinski definition) is 0. The van der Waals surface area contributed by atoms with Gasteiger partial charge in [0, 0.05) is 22.7 Å². The van der Waals surface area contributed by atoms with E-state index in [2.05, 4.69) is 48.0 Å². The maximum Gasteiger partial charge on any atom is 0.129 e. The molecule has 1 aliphatic rings. The highest BCUT2D eigenvalue weighted by Crippen LogP contribution is 2.34. The van der Waals surface area contributed by atoms with Gasteiger partial charge < -0.3 is 4.74 Å². The topological polar surface area (TPSA) is 9.23 Å². The van der Waals surface area contributed by atoms with E-state index in [0.717, 1.165) is 18.9 Å². The Kier molecular flexibility index (Phi) is 9.17. The molecule has 0 heterocycles. The monoisotopic (exact) mass is 450 g/mol. The number of aryl methyl sites for hydroxylation is 1. The van der Waals surface area contributed by atoms with E-state index in [9.17, 15) is 8.78 Å². The van der Waals surface area contributed by atoms with Gasteiger partial charge in [0.2, 0.25) is 0 Å². The Bertz CT molecular complexity index is 794. The number of benzene rings is 2. The van der Waals surface area contributed by atoms with Crippen LogP contribution in [0.5, 0.6) is 5.75 Å². The fourth-order valence-corrected chi connectivity index (χ4v) is 3.65. The van der Waals surface area contributed by atoms with E-state index in [4.69, 9.17) is 4.74 Å². The summed E-state index contributed by atoms with van der Waals surface area (Å²) < 4.78 is 31.6. The smallest absolute Gasteiger partial charge is 0.129 e. The van der Waals surface area contributed by atoms with Gasteiger partial charge in [-0.25, -0.2) is 8.78 Å². The summed E-state index contributed by atoms with van der Waals surface area (Å²) in [6, 6.07) is 9.77. The Morgan fingerprint density at radius 3 is 2.29 bits per heavy atom. The molecule has 0 spiro atoms. The van der Waals surface area contributed by atoms with Crippen molar-refractivity contribution in [3.05, 3.63) is 69.2 Å². The number of unbranched alkanes of at least 4 members (excludes halogenated alkanes) is 1. The zero-order valence-electron chi connectivity index (χ0n) is 17.0. The van der Waals surface area contributed by atoms with Crippen molar-refractivity contribution in [2.24, 2.45) is 0 Å². The van der Waals surface area contributed by atoms with Crippen LogP contribution < -0.4 is 4.74 Å². The summed E-state index contributed by atoms with van der Waals surface area (Å²) in [6.45, 7) is 7.01. The van der Waals surface area contributed by atoms with Gasteiger partial charge in [-0.05, 0) is 74.8 Å². The van der Waals surface area contributed by atoms with Crippen LogP contribution in [0.3, 0.4) is 0 Å². The molecule has 0 aliphatic heterocycles. The van der Waals surface area contributed by atoms with Crippen molar-refractivity contribution >= 4 is 21.5 Å². The molecule has 4 heteroatoms. The molecule has 28 heavy (non-hydrogen) atoms. The van der Waals surface area contributed by atoms with E-state index < -0.39 is 11.6 Å². The van der Waals surface area contributed by atoms with Crippen LogP contribution >= 0.6 is 15.9 Å². The summed E-state index contributed by atoms with van der Waals surface area (Å²) in [5.41, 5.74) is 6.01. The average Bonchev–Trinajstić information content (AvgIpc) is 2.64. The van der Waals surface area contributed by atoms with E-state index in [1.165, 1.54) is 53.4 Å². The molecule has 0 bridgehead atoms. The largest absolute Gasteiger partial charge is 0.493 e. The molecule has 0 saturated heterocycles. The zero-order chi connectivity index (χ0) is 20.5. The summed E-state index contributed by atoms with van der Waals surface area (Å²) in [6.07, 6.45) is 7.13. The summed E-state index contributed by atoms with van der Waals surface area (Å²) in [7, 11) is 0. The summed E-state index contributed by atoms with van der Waals surface area (Å²) in [4.78, 5) is 0. The Hall–Kier alpha value is -1.68. The molecule has 0 fully saturated rings. The Morgan fingerprint density at radius 2 is 1.64 bits per heavy atom. The van der Waals surface area contributed by atoms with Crippen LogP contribution in [0.15, 0.2) is 46.4 Å². The van der Waals surface area contributed by atoms with Crippen molar-refractivity contribution in [1.82, 2.24) is 0 Å². The van der Waals surface area contributed by atoms with Gasteiger partial charge in [0.15, 0.2) is 0 Å². The number of hydrogen-bond acceptors (Lipinski definition) is 1. The summed E-state index contributed by atoms with van der Waals surface area (Å²) >= 11 is 3.56. The molecular weight excluding hydrogens is 422 g/mol. The van der Waals surface area contributed by atoms with Crippen molar-refractivity contribution in [3.8, 4) is 5.75 Å². The minimum atomic E-state index is -0.605. The number of ether oxygens (including phenoxy) is 1. The highest BCUT2D eigenvalue weighted by Gasteiger charge is 2.13. The van der Waals surface area contributed by atoms with Crippen LogP contribution in [0, 0.1) is 18.6 Å². The van der Waals surface area contributed by atoms with Gasteiger partial charge in [0.1, 0.15) is 17.4 Å². The van der Waals surface area contributed by atoms with E-state index in [0.29, 0.717) is 6.61 Å². The minimum Gasteiger partial charge on any atom is -0.493 e. The quantitative estimate of drug-likeness (QED) is 0.416. The van der Waals surface area contributed by atoms with Gasteiger partial charge in [-0.3, -0.25) is 0 Å². The first kappa shape index (κ1) is 22.6. The first-order chi connectivity index (χ1) is 13.4. The molecular formula is C24H29BrF2O. The lowest BCUT2D eigenvalue weighted by atomic mass is 9.86. The molecule has 2 aromatic carbocycles.